The highest BCUT2D eigenvalue weighted by molar-refractivity contribution is 7.89. The fraction of sp³-hybridized carbons (Fsp3) is 0.538. The normalized spacial score (nSPS) is 14.6. The van der Waals surface area contributed by atoms with Gasteiger partial charge in [0.15, 0.2) is 0 Å². The van der Waals surface area contributed by atoms with Crippen LogP contribution in [0.5, 0.6) is 0 Å². The molecule has 1 aromatic rings. The van der Waals surface area contributed by atoms with Crippen LogP contribution in [-0.2, 0) is 10.0 Å². The molecule has 0 fully saturated rings. The minimum Gasteiger partial charge on any atom is -0.208 e. The lowest BCUT2D eigenvalue weighted by Gasteiger charge is -2.27. The van der Waals surface area contributed by atoms with Crippen molar-refractivity contribution in [3.05, 3.63) is 29.8 Å². The van der Waals surface area contributed by atoms with Gasteiger partial charge in [-0.15, -0.1) is 0 Å². The van der Waals surface area contributed by atoms with Crippen molar-refractivity contribution in [2.45, 2.75) is 45.6 Å². The van der Waals surface area contributed by atoms with Crippen LogP contribution in [-0.4, -0.2) is 14.5 Å². The summed E-state index contributed by atoms with van der Waals surface area (Å²) in [5.41, 5.74) is 0.841. The monoisotopic (exact) mass is 255 g/mol. The second-order valence-electron chi connectivity index (χ2n) is 5.53. The Balaban J connectivity index is 2.98. The molecule has 0 radical (unpaired) electrons. The topological polar surface area (TPSA) is 46.2 Å². The minimum atomic E-state index is -3.42. The lowest BCUT2D eigenvalue weighted by atomic mass is 9.89. The molecular weight excluding hydrogens is 234 g/mol. The van der Waals surface area contributed by atoms with E-state index in [4.69, 9.17) is 0 Å². The van der Waals surface area contributed by atoms with Crippen LogP contribution < -0.4 is 4.72 Å². The van der Waals surface area contributed by atoms with Crippen molar-refractivity contribution < 1.29 is 8.42 Å². The van der Waals surface area contributed by atoms with Crippen LogP contribution in [0.2, 0.25) is 0 Å². The van der Waals surface area contributed by atoms with Crippen molar-refractivity contribution in [2.75, 3.05) is 0 Å². The van der Waals surface area contributed by atoms with Gasteiger partial charge in [-0.25, -0.2) is 13.1 Å². The first-order chi connectivity index (χ1) is 7.63. The summed E-state index contributed by atoms with van der Waals surface area (Å²) in [5.74, 6) is 0. The summed E-state index contributed by atoms with van der Waals surface area (Å²) in [6.45, 7) is 9.79. The van der Waals surface area contributed by atoms with E-state index >= 15 is 0 Å². The van der Waals surface area contributed by atoms with E-state index in [0.717, 1.165) is 5.56 Å². The molecule has 1 N–H and O–H groups in total. The van der Waals surface area contributed by atoms with Gasteiger partial charge in [0.05, 0.1) is 4.90 Å². The van der Waals surface area contributed by atoms with Crippen molar-refractivity contribution >= 4 is 10.0 Å². The zero-order chi connectivity index (χ0) is 13.3. The largest absolute Gasteiger partial charge is 0.240 e. The summed E-state index contributed by atoms with van der Waals surface area (Å²) < 4.78 is 27.0. The van der Waals surface area contributed by atoms with Crippen LogP contribution >= 0.6 is 0 Å². The maximum absolute atomic E-state index is 12.1. The van der Waals surface area contributed by atoms with Crippen molar-refractivity contribution in [3.8, 4) is 0 Å². The Kier molecular flexibility index (Phi) is 3.99. The van der Waals surface area contributed by atoms with E-state index in [1.165, 1.54) is 0 Å². The second kappa shape index (κ2) is 4.78. The molecule has 1 unspecified atom stereocenters. The van der Waals surface area contributed by atoms with Gasteiger partial charge in [-0.3, -0.25) is 0 Å². The summed E-state index contributed by atoms with van der Waals surface area (Å²) in [7, 11) is -3.42. The molecule has 4 heteroatoms. The third kappa shape index (κ3) is 3.82. The maximum Gasteiger partial charge on any atom is 0.240 e. The minimum absolute atomic E-state index is 0.100. The Morgan fingerprint density at radius 2 is 1.82 bits per heavy atom. The molecule has 0 heterocycles. The van der Waals surface area contributed by atoms with E-state index in [1.54, 1.807) is 18.2 Å². The number of sulfonamides is 1. The van der Waals surface area contributed by atoms with E-state index in [0.29, 0.717) is 4.90 Å². The van der Waals surface area contributed by atoms with Crippen LogP contribution in [0.1, 0.15) is 33.3 Å². The zero-order valence-electron chi connectivity index (χ0n) is 11.1. The SMILES string of the molecule is Cc1cccc(S(=O)(=O)NC(C)C(C)(C)C)c1. The second-order valence-corrected chi connectivity index (χ2v) is 7.24. The summed E-state index contributed by atoms with van der Waals surface area (Å²) in [5, 5.41) is 0. The first-order valence-electron chi connectivity index (χ1n) is 5.72. The number of hydrogen-bond donors (Lipinski definition) is 1. The Morgan fingerprint density at radius 3 is 2.29 bits per heavy atom. The fourth-order valence-electron chi connectivity index (χ4n) is 1.26. The molecule has 3 nitrogen and oxygen atoms in total. The number of aryl methyl sites for hydroxylation is 1. The van der Waals surface area contributed by atoms with Crippen LogP contribution in [0, 0.1) is 12.3 Å². The summed E-state index contributed by atoms with van der Waals surface area (Å²) in [6.07, 6.45) is 0. The van der Waals surface area contributed by atoms with Crippen molar-refractivity contribution in [1.29, 1.82) is 0 Å². The highest BCUT2D eigenvalue weighted by Gasteiger charge is 2.25. The Hall–Kier alpha value is -0.870. The van der Waals surface area contributed by atoms with Crippen LogP contribution in [0.25, 0.3) is 0 Å². The first-order valence-corrected chi connectivity index (χ1v) is 7.20. The van der Waals surface area contributed by atoms with Crippen molar-refractivity contribution in [1.82, 2.24) is 4.72 Å². The lowest BCUT2D eigenvalue weighted by molar-refractivity contribution is 0.317. The molecular formula is C13H21NO2S. The molecule has 0 aliphatic heterocycles. The molecule has 0 aliphatic rings. The maximum atomic E-state index is 12.1. The fourth-order valence-corrected chi connectivity index (χ4v) is 2.81. The van der Waals surface area contributed by atoms with Gasteiger partial charge in [0.25, 0.3) is 0 Å². The van der Waals surface area contributed by atoms with E-state index in [1.807, 2.05) is 40.7 Å². The van der Waals surface area contributed by atoms with Gasteiger partial charge < -0.3 is 0 Å². The van der Waals surface area contributed by atoms with Crippen molar-refractivity contribution in [2.24, 2.45) is 5.41 Å². The van der Waals surface area contributed by atoms with Gasteiger partial charge in [0.2, 0.25) is 10.0 Å². The molecule has 0 aliphatic carbocycles. The first kappa shape index (κ1) is 14.2. The average molecular weight is 255 g/mol. The van der Waals surface area contributed by atoms with Crippen LogP contribution in [0.3, 0.4) is 0 Å². The molecule has 0 amide bonds. The van der Waals surface area contributed by atoms with Crippen LogP contribution in [0.15, 0.2) is 29.2 Å². The van der Waals surface area contributed by atoms with E-state index in [-0.39, 0.29) is 11.5 Å². The van der Waals surface area contributed by atoms with Gasteiger partial charge >= 0.3 is 0 Å². The molecule has 1 atom stereocenters. The Morgan fingerprint density at radius 1 is 1.24 bits per heavy atom. The van der Waals surface area contributed by atoms with Gasteiger partial charge in [0, 0.05) is 6.04 Å². The zero-order valence-corrected chi connectivity index (χ0v) is 11.9. The highest BCUT2D eigenvalue weighted by Crippen LogP contribution is 2.21. The molecule has 0 aromatic heterocycles. The highest BCUT2D eigenvalue weighted by atomic mass is 32.2. The molecule has 0 bridgehead atoms. The standard InChI is InChI=1S/C13H21NO2S/c1-10-7-6-8-12(9-10)17(15,16)14-11(2)13(3,4)5/h6-9,11,14H,1-5H3. The van der Waals surface area contributed by atoms with Gasteiger partial charge in [0.1, 0.15) is 0 Å². The predicted molar refractivity (Wildman–Crippen MR) is 70.4 cm³/mol. The molecule has 1 aromatic carbocycles. The molecule has 96 valence electrons. The van der Waals surface area contributed by atoms with Crippen LogP contribution in [0.4, 0.5) is 0 Å². The predicted octanol–water partition coefficient (Wildman–Crippen LogP) is 2.71. The smallest absolute Gasteiger partial charge is 0.208 e. The third-order valence-corrected chi connectivity index (χ3v) is 4.47. The van der Waals surface area contributed by atoms with Gasteiger partial charge in [-0.2, -0.15) is 0 Å². The summed E-state index contributed by atoms with van der Waals surface area (Å²) in [6, 6.07) is 6.81. The number of rotatable bonds is 3. The third-order valence-electron chi connectivity index (χ3n) is 2.93. The quantitative estimate of drug-likeness (QED) is 0.902. The number of benzene rings is 1. The lowest BCUT2D eigenvalue weighted by Crippen LogP contribution is -2.41. The molecule has 0 saturated heterocycles. The van der Waals surface area contributed by atoms with Gasteiger partial charge in [-0.1, -0.05) is 32.9 Å². The van der Waals surface area contributed by atoms with E-state index in [9.17, 15) is 8.42 Å². The Bertz CT molecular complexity index is 486. The van der Waals surface area contributed by atoms with E-state index < -0.39 is 10.0 Å². The number of nitrogens with one attached hydrogen (secondary N) is 1. The number of hydrogen-bond acceptors (Lipinski definition) is 2. The Labute approximate surface area is 104 Å². The molecule has 0 spiro atoms. The summed E-state index contributed by atoms with van der Waals surface area (Å²) >= 11 is 0. The van der Waals surface area contributed by atoms with Gasteiger partial charge in [-0.05, 0) is 37.0 Å². The molecule has 0 saturated carbocycles. The van der Waals surface area contributed by atoms with Crippen molar-refractivity contribution in [3.63, 3.8) is 0 Å². The van der Waals surface area contributed by atoms with E-state index in [2.05, 4.69) is 4.72 Å². The summed E-state index contributed by atoms with van der Waals surface area (Å²) in [4.78, 5) is 0.327. The molecule has 1 rings (SSSR count). The molecule has 17 heavy (non-hydrogen) atoms. The average Bonchev–Trinajstić information content (AvgIpc) is 2.15.